The summed E-state index contributed by atoms with van der Waals surface area (Å²) in [6.07, 6.45) is 15.6. The van der Waals surface area contributed by atoms with Gasteiger partial charge in [0, 0.05) is 6.42 Å². The monoisotopic (exact) mass is 254 g/mol. The lowest BCUT2D eigenvalue weighted by atomic mass is 10.0. The van der Waals surface area contributed by atoms with Crippen LogP contribution in [0.5, 0.6) is 0 Å². The number of carboxylic acid groups (broad SMARTS) is 1. The van der Waals surface area contributed by atoms with E-state index in [1.807, 2.05) is 6.08 Å². The van der Waals surface area contributed by atoms with E-state index in [1.54, 1.807) is 0 Å². The van der Waals surface area contributed by atoms with Crippen molar-refractivity contribution in [2.75, 3.05) is 0 Å². The second kappa shape index (κ2) is 12.7. The Morgan fingerprint density at radius 2 is 1.50 bits per heavy atom. The summed E-state index contributed by atoms with van der Waals surface area (Å²) in [7, 11) is 0. The molecule has 0 saturated carbocycles. The first-order valence-electron chi connectivity index (χ1n) is 7.49. The molecule has 0 aliphatic rings. The second-order valence-corrected chi connectivity index (χ2v) is 5.50. The molecule has 0 aliphatic carbocycles. The minimum absolute atomic E-state index is 0.256. The van der Waals surface area contributed by atoms with Crippen LogP contribution in [0.25, 0.3) is 0 Å². The van der Waals surface area contributed by atoms with Gasteiger partial charge in [-0.25, -0.2) is 0 Å². The second-order valence-electron chi connectivity index (χ2n) is 5.50. The molecule has 0 bridgehead atoms. The Morgan fingerprint density at radius 3 is 2.11 bits per heavy atom. The van der Waals surface area contributed by atoms with Crippen molar-refractivity contribution < 1.29 is 9.90 Å². The molecule has 0 fully saturated rings. The van der Waals surface area contributed by atoms with Crippen molar-refractivity contribution in [1.82, 2.24) is 0 Å². The zero-order valence-electron chi connectivity index (χ0n) is 12.2. The first kappa shape index (κ1) is 17.2. The van der Waals surface area contributed by atoms with Crippen LogP contribution in [-0.4, -0.2) is 11.1 Å². The Kier molecular flexibility index (Phi) is 12.1. The smallest absolute Gasteiger partial charge is 0.303 e. The lowest BCUT2D eigenvalue weighted by Gasteiger charge is -2.03. The van der Waals surface area contributed by atoms with Gasteiger partial charge in [0.05, 0.1) is 0 Å². The topological polar surface area (TPSA) is 37.3 Å². The fraction of sp³-hybridized carbons (Fsp3) is 0.812. The molecule has 0 aliphatic heterocycles. The van der Waals surface area contributed by atoms with E-state index in [1.165, 1.54) is 44.9 Å². The molecule has 2 heteroatoms. The van der Waals surface area contributed by atoms with E-state index in [0.717, 1.165) is 12.3 Å². The maximum atomic E-state index is 10.3. The highest BCUT2D eigenvalue weighted by Gasteiger charge is 1.94. The molecule has 0 aromatic carbocycles. The van der Waals surface area contributed by atoms with Gasteiger partial charge in [-0.15, -0.1) is 0 Å². The average Bonchev–Trinajstić information content (AvgIpc) is 2.29. The molecule has 0 amide bonds. The van der Waals surface area contributed by atoms with Crippen molar-refractivity contribution >= 4 is 5.97 Å². The van der Waals surface area contributed by atoms with Gasteiger partial charge in [0.2, 0.25) is 0 Å². The SMILES string of the molecule is CC(C)CCCCCCCCC=CCCC(=O)O. The summed E-state index contributed by atoms with van der Waals surface area (Å²) in [4.78, 5) is 10.3. The average molecular weight is 254 g/mol. The van der Waals surface area contributed by atoms with Gasteiger partial charge >= 0.3 is 5.97 Å². The van der Waals surface area contributed by atoms with Gasteiger partial charge in [-0.2, -0.15) is 0 Å². The van der Waals surface area contributed by atoms with E-state index in [0.29, 0.717) is 6.42 Å². The van der Waals surface area contributed by atoms with Gasteiger partial charge in [-0.05, 0) is 25.2 Å². The number of rotatable bonds is 12. The highest BCUT2D eigenvalue weighted by atomic mass is 16.4. The van der Waals surface area contributed by atoms with Gasteiger partial charge in [0.15, 0.2) is 0 Å². The van der Waals surface area contributed by atoms with E-state index in [2.05, 4.69) is 19.9 Å². The molecule has 0 heterocycles. The molecule has 106 valence electrons. The molecule has 0 aromatic heterocycles. The highest BCUT2D eigenvalue weighted by molar-refractivity contribution is 5.66. The van der Waals surface area contributed by atoms with Crippen LogP contribution in [0.4, 0.5) is 0 Å². The summed E-state index contributed by atoms with van der Waals surface area (Å²) in [5.74, 6) is 0.141. The molecule has 0 rings (SSSR count). The summed E-state index contributed by atoms with van der Waals surface area (Å²) in [5, 5.41) is 8.46. The molecule has 1 N–H and O–H groups in total. The van der Waals surface area contributed by atoms with E-state index < -0.39 is 5.97 Å². The molecule has 0 radical (unpaired) electrons. The summed E-state index contributed by atoms with van der Waals surface area (Å²) >= 11 is 0. The van der Waals surface area contributed by atoms with E-state index in [4.69, 9.17) is 5.11 Å². The predicted molar refractivity (Wildman–Crippen MR) is 77.8 cm³/mol. The summed E-state index contributed by atoms with van der Waals surface area (Å²) < 4.78 is 0. The molecule has 0 aromatic rings. The lowest BCUT2D eigenvalue weighted by Crippen LogP contribution is -1.91. The summed E-state index contributed by atoms with van der Waals surface area (Å²) in [5.41, 5.74) is 0. The van der Waals surface area contributed by atoms with Crippen LogP contribution in [0.2, 0.25) is 0 Å². The highest BCUT2D eigenvalue weighted by Crippen LogP contribution is 2.12. The van der Waals surface area contributed by atoms with Crippen LogP contribution in [0.3, 0.4) is 0 Å². The van der Waals surface area contributed by atoms with Crippen molar-refractivity contribution in [3.8, 4) is 0 Å². The lowest BCUT2D eigenvalue weighted by molar-refractivity contribution is -0.136. The summed E-state index contributed by atoms with van der Waals surface area (Å²) in [6.45, 7) is 4.58. The van der Waals surface area contributed by atoms with Crippen LogP contribution >= 0.6 is 0 Å². The van der Waals surface area contributed by atoms with Crippen LogP contribution in [-0.2, 0) is 4.79 Å². The van der Waals surface area contributed by atoms with Gasteiger partial charge in [0.1, 0.15) is 0 Å². The minimum atomic E-state index is -0.707. The molecule has 18 heavy (non-hydrogen) atoms. The zero-order valence-corrected chi connectivity index (χ0v) is 12.2. The molecule has 0 spiro atoms. The third kappa shape index (κ3) is 15.2. The number of aliphatic carboxylic acids is 1. The van der Waals surface area contributed by atoms with Crippen molar-refractivity contribution in [2.45, 2.75) is 78.1 Å². The number of unbranched alkanes of at least 4 members (excludes halogenated alkanes) is 6. The van der Waals surface area contributed by atoms with E-state index in [9.17, 15) is 4.79 Å². The number of hydrogen-bond donors (Lipinski definition) is 1. The van der Waals surface area contributed by atoms with Crippen LogP contribution in [0, 0.1) is 5.92 Å². The van der Waals surface area contributed by atoms with Gasteiger partial charge in [-0.3, -0.25) is 4.79 Å². The number of carbonyl (C=O) groups is 1. The van der Waals surface area contributed by atoms with Crippen LogP contribution in [0.1, 0.15) is 78.1 Å². The quantitative estimate of drug-likeness (QED) is 0.384. The van der Waals surface area contributed by atoms with Crippen LogP contribution in [0.15, 0.2) is 12.2 Å². The molecule has 0 saturated heterocycles. The molecular weight excluding hydrogens is 224 g/mol. The third-order valence-electron chi connectivity index (χ3n) is 3.09. The maximum Gasteiger partial charge on any atom is 0.303 e. The minimum Gasteiger partial charge on any atom is -0.481 e. The fourth-order valence-corrected chi connectivity index (χ4v) is 1.96. The Hall–Kier alpha value is -0.790. The van der Waals surface area contributed by atoms with Crippen molar-refractivity contribution in [2.24, 2.45) is 5.92 Å². The first-order valence-corrected chi connectivity index (χ1v) is 7.49. The Labute approximate surface area is 112 Å². The third-order valence-corrected chi connectivity index (χ3v) is 3.09. The number of carboxylic acids is 1. The van der Waals surface area contributed by atoms with Crippen molar-refractivity contribution in [1.29, 1.82) is 0 Å². The van der Waals surface area contributed by atoms with Crippen LogP contribution < -0.4 is 0 Å². The van der Waals surface area contributed by atoms with Gasteiger partial charge in [0.25, 0.3) is 0 Å². The largest absolute Gasteiger partial charge is 0.481 e. The van der Waals surface area contributed by atoms with Gasteiger partial charge < -0.3 is 5.11 Å². The van der Waals surface area contributed by atoms with E-state index in [-0.39, 0.29) is 6.42 Å². The van der Waals surface area contributed by atoms with Crippen molar-refractivity contribution in [3.63, 3.8) is 0 Å². The standard InChI is InChI=1S/C16H30O2/c1-15(2)13-11-9-7-5-3-4-6-8-10-12-14-16(17)18/h8,10,15H,3-7,9,11-14H2,1-2H3,(H,17,18). The Balaban J connectivity index is 3.09. The molecule has 2 nitrogen and oxygen atoms in total. The van der Waals surface area contributed by atoms with E-state index >= 15 is 0 Å². The Bertz CT molecular complexity index is 219. The summed E-state index contributed by atoms with van der Waals surface area (Å²) in [6, 6.07) is 0. The van der Waals surface area contributed by atoms with Crippen molar-refractivity contribution in [3.05, 3.63) is 12.2 Å². The zero-order chi connectivity index (χ0) is 13.6. The molecule has 0 unspecified atom stereocenters. The predicted octanol–water partition coefficient (Wildman–Crippen LogP) is 5.18. The number of allylic oxidation sites excluding steroid dienone is 2. The molecular formula is C16H30O2. The molecule has 0 atom stereocenters. The maximum absolute atomic E-state index is 10.3. The Morgan fingerprint density at radius 1 is 0.944 bits per heavy atom. The normalized spacial score (nSPS) is 11.5. The first-order chi connectivity index (χ1) is 8.63. The fourth-order valence-electron chi connectivity index (χ4n) is 1.96. The van der Waals surface area contributed by atoms with Gasteiger partial charge in [-0.1, -0.05) is 64.5 Å². The number of hydrogen-bond acceptors (Lipinski definition) is 1.